The van der Waals surface area contributed by atoms with Crippen LogP contribution in [-0.4, -0.2) is 0 Å². The molecule has 98 valence electrons. The van der Waals surface area contributed by atoms with Gasteiger partial charge in [0.25, 0.3) is 0 Å². The van der Waals surface area contributed by atoms with Gasteiger partial charge in [-0.15, -0.1) is 0 Å². The Morgan fingerprint density at radius 1 is 0.842 bits per heavy atom. The number of rotatable bonds is 2. The molecule has 0 radical (unpaired) electrons. The lowest BCUT2D eigenvalue weighted by molar-refractivity contribution is 1.20. The molecule has 0 saturated carbocycles. The number of benzene rings is 2. The standard InChI is InChI=1S/C19H22/c1-5-14(2)18-12-8-9-13-19(18)16(4)17-11-7-6-10-15(17)3/h6-13H,5H2,1-4H3/b18-14+,19-16-. The second kappa shape index (κ2) is 5.88. The van der Waals surface area contributed by atoms with E-state index in [-0.39, 0.29) is 0 Å². The molecule has 0 spiro atoms. The molecule has 0 fully saturated rings. The molecule has 0 aliphatic rings. The van der Waals surface area contributed by atoms with Gasteiger partial charge in [0.1, 0.15) is 0 Å². The second-order valence-electron chi connectivity index (χ2n) is 5.12. The SMILES string of the molecule is CC/C(C)=c1\cccc\c1=C(/C)c1ccccc1C. The van der Waals surface area contributed by atoms with Gasteiger partial charge in [-0.3, -0.25) is 0 Å². The van der Waals surface area contributed by atoms with Crippen molar-refractivity contribution in [2.24, 2.45) is 0 Å². The Labute approximate surface area is 116 Å². The number of hydrogen-bond donors (Lipinski definition) is 0. The molecule has 0 aliphatic heterocycles. The Bertz CT molecular complexity index is 690. The van der Waals surface area contributed by atoms with Crippen LogP contribution in [-0.2, 0) is 0 Å². The van der Waals surface area contributed by atoms with E-state index >= 15 is 0 Å². The first-order chi connectivity index (χ1) is 9.15. The summed E-state index contributed by atoms with van der Waals surface area (Å²) in [7, 11) is 0. The van der Waals surface area contributed by atoms with E-state index in [9.17, 15) is 0 Å². The predicted molar refractivity (Wildman–Crippen MR) is 84.4 cm³/mol. The van der Waals surface area contributed by atoms with Crippen LogP contribution in [0.25, 0.3) is 11.1 Å². The summed E-state index contributed by atoms with van der Waals surface area (Å²) in [4.78, 5) is 0. The van der Waals surface area contributed by atoms with Crippen LogP contribution in [0.2, 0.25) is 0 Å². The zero-order valence-corrected chi connectivity index (χ0v) is 12.3. The minimum Gasteiger partial charge on any atom is -0.0657 e. The first-order valence-corrected chi connectivity index (χ1v) is 6.97. The summed E-state index contributed by atoms with van der Waals surface area (Å²) < 4.78 is 0. The van der Waals surface area contributed by atoms with Gasteiger partial charge < -0.3 is 0 Å². The lowest BCUT2D eigenvalue weighted by Gasteiger charge is -2.07. The van der Waals surface area contributed by atoms with Crippen molar-refractivity contribution in [3.8, 4) is 0 Å². The largest absolute Gasteiger partial charge is 0.0657 e. The maximum absolute atomic E-state index is 2.23. The van der Waals surface area contributed by atoms with Gasteiger partial charge in [0.05, 0.1) is 0 Å². The molecule has 19 heavy (non-hydrogen) atoms. The van der Waals surface area contributed by atoms with Crippen molar-refractivity contribution in [3.05, 3.63) is 70.1 Å². The van der Waals surface area contributed by atoms with Gasteiger partial charge in [0.15, 0.2) is 0 Å². The van der Waals surface area contributed by atoms with Gasteiger partial charge in [0.2, 0.25) is 0 Å². The van der Waals surface area contributed by atoms with E-state index < -0.39 is 0 Å². The van der Waals surface area contributed by atoms with E-state index in [1.54, 1.807) is 0 Å². The second-order valence-corrected chi connectivity index (χ2v) is 5.12. The molecular weight excluding hydrogens is 228 g/mol. The Kier molecular flexibility index (Phi) is 4.21. The lowest BCUT2D eigenvalue weighted by Crippen LogP contribution is -2.28. The Balaban J connectivity index is 2.85. The molecule has 2 rings (SSSR count). The molecule has 0 heterocycles. The molecule has 0 nitrogen and oxygen atoms in total. The average Bonchev–Trinajstić information content (AvgIpc) is 2.46. The molecule has 2 aromatic rings. The fourth-order valence-corrected chi connectivity index (χ4v) is 2.51. The third-order valence-corrected chi connectivity index (χ3v) is 3.87. The van der Waals surface area contributed by atoms with Gasteiger partial charge >= 0.3 is 0 Å². The van der Waals surface area contributed by atoms with E-state index in [1.807, 2.05) is 0 Å². The van der Waals surface area contributed by atoms with Crippen molar-refractivity contribution >= 4 is 11.1 Å². The first kappa shape index (κ1) is 13.6. The molecule has 0 saturated heterocycles. The van der Waals surface area contributed by atoms with Crippen LogP contribution in [0.5, 0.6) is 0 Å². The quantitative estimate of drug-likeness (QED) is 0.760. The first-order valence-electron chi connectivity index (χ1n) is 6.97. The van der Waals surface area contributed by atoms with Gasteiger partial charge in [-0.05, 0) is 54.3 Å². The highest BCUT2D eigenvalue weighted by Gasteiger charge is 2.01. The molecule has 0 bridgehead atoms. The predicted octanol–water partition coefficient (Wildman–Crippen LogP) is 3.79. The highest BCUT2D eigenvalue weighted by Crippen LogP contribution is 2.14. The molecule has 0 heteroatoms. The highest BCUT2D eigenvalue weighted by molar-refractivity contribution is 5.67. The zero-order valence-electron chi connectivity index (χ0n) is 12.3. The summed E-state index contributed by atoms with van der Waals surface area (Å²) in [5.74, 6) is 0. The van der Waals surface area contributed by atoms with E-state index in [1.165, 1.54) is 32.7 Å². The van der Waals surface area contributed by atoms with Crippen LogP contribution in [0.4, 0.5) is 0 Å². The van der Waals surface area contributed by atoms with Crippen LogP contribution >= 0.6 is 0 Å². The molecule has 0 aliphatic carbocycles. The molecule has 2 aromatic carbocycles. The van der Waals surface area contributed by atoms with Gasteiger partial charge in [-0.2, -0.15) is 0 Å². The van der Waals surface area contributed by atoms with Crippen molar-refractivity contribution in [1.29, 1.82) is 0 Å². The lowest BCUT2D eigenvalue weighted by atomic mass is 9.98. The topological polar surface area (TPSA) is 0 Å². The van der Waals surface area contributed by atoms with Crippen molar-refractivity contribution in [2.45, 2.75) is 34.1 Å². The fourth-order valence-electron chi connectivity index (χ4n) is 2.51. The third kappa shape index (κ3) is 2.78. The van der Waals surface area contributed by atoms with Crippen molar-refractivity contribution < 1.29 is 0 Å². The maximum Gasteiger partial charge on any atom is -0.0149 e. The summed E-state index contributed by atoms with van der Waals surface area (Å²) in [6.45, 7) is 8.85. The Morgan fingerprint density at radius 2 is 1.42 bits per heavy atom. The van der Waals surface area contributed by atoms with Crippen LogP contribution in [0, 0.1) is 6.92 Å². The third-order valence-electron chi connectivity index (χ3n) is 3.87. The smallest absolute Gasteiger partial charge is 0.0149 e. The van der Waals surface area contributed by atoms with E-state index in [4.69, 9.17) is 0 Å². The number of aryl methyl sites for hydroxylation is 1. The molecule has 0 aromatic heterocycles. The van der Waals surface area contributed by atoms with Crippen molar-refractivity contribution in [2.75, 3.05) is 0 Å². The van der Waals surface area contributed by atoms with Gasteiger partial charge in [-0.25, -0.2) is 0 Å². The average molecular weight is 250 g/mol. The molecule has 0 amide bonds. The summed E-state index contributed by atoms with van der Waals surface area (Å²) in [5, 5.41) is 2.74. The summed E-state index contributed by atoms with van der Waals surface area (Å²) in [6.07, 6.45) is 1.10. The Hall–Kier alpha value is -1.82. The van der Waals surface area contributed by atoms with Crippen LogP contribution in [0.3, 0.4) is 0 Å². The molecular formula is C19H22. The van der Waals surface area contributed by atoms with Crippen LogP contribution < -0.4 is 10.4 Å². The van der Waals surface area contributed by atoms with E-state index in [0.29, 0.717) is 0 Å². The number of hydrogen-bond acceptors (Lipinski definition) is 0. The Morgan fingerprint density at radius 3 is 2.05 bits per heavy atom. The minimum absolute atomic E-state index is 1.10. The molecule has 0 unspecified atom stereocenters. The summed E-state index contributed by atoms with van der Waals surface area (Å²) >= 11 is 0. The van der Waals surface area contributed by atoms with Crippen LogP contribution in [0.1, 0.15) is 38.3 Å². The van der Waals surface area contributed by atoms with Crippen molar-refractivity contribution in [1.82, 2.24) is 0 Å². The monoisotopic (exact) mass is 250 g/mol. The van der Waals surface area contributed by atoms with Gasteiger partial charge in [0, 0.05) is 0 Å². The highest BCUT2D eigenvalue weighted by atomic mass is 14.1. The van der Waals surface area contributed by atoms with Crippen LogP contribution in [0.15, 0.2) is 48.5 Å². The van der Waals surface area contributed by atoms with E-state index in [2.05, 4.69) is 76.2 Å². The minimum atomic E-state index is 1.10. The normalized spacial score (nSPS) is 14.1. The van der Waals surface area contributed by atoms with Crippen molar-refractivity contribution in [3.63, 3.8) is 0 Å². The van der Waals surface area contributed by atoms with Gasteiger partial charge in [-0.1, -0.05) is 61.0 Å². The maximum atomic E-state index is 2.23. The fraction of sp³-hybridized carbons (Fsp3) is 0.263. The molecule has 0 N–H and O–H groups in total. The summed E-state index contributed by atoms with van der Waals surface area (Å²) in [6, 6.07) is 17.3. The zero-order chi connectivity index (χ0) is 13.8. The summed E-state index contributed by atoms with van der Waals surface area (Å²) in [5.41, 5.74) is 5.49. The molecule has 0 atom stereocenters. The van der Waals surface area contributed by atoms with E-state index in [0.717, 1.165) is 6.42 Å².